The van der Waals surface area contributed by atoms with E-state index in [-0.39, 0.29) is 30.8 Å². The monoisotopic (exact) mass is 363 g/mol. The molecule has 25 heavy (non-hydrogen) atoms. The highest BCUT2D eigenvalue weighted by Crippen LogP contribution is 2.16. The predicted octanol–water partition coefficient (Wildman–Crippen LogP) is 1.66. The number of carbonyl (C=O) groups excluding carboxylic acids is 3. The zero-order valence-electron chi connectivity index (χ0n) is 13.5. The lowest BCUT2D eigenvalue weighted by atomic mass is 10.1. The Balaban J connectivity index is 1.70. The van der Waals surface area contributed by atoms with E-state index < -0.39 is 11.8 Å². The molecule has 0 saturated carbocycles. The zero-order valence-corrected chi connectivity index (χ0v) is 14.3. The number of amides is 3. The molecule has 1 aromatic carbocycles. The maximum atomic E-state index is 11.9. The fourth-order valence-corrected chi connectivity index (χ4v) is 2.25. The molecule has 1 heterocycles. The Morgan fingerprint density at radius 3 is 2.52 bits per heavy atom. The average molecular weight is 364 g/mol. The van der Waals surface area contributed by atoms with Crippen LogP contribution in [0.3, 0.4) is 0 Å². The Morgan fingerprint density at radius 1 is 1.08 bits per heavy atom. The average Bonchev–Trinajstić information content (AvgIpc) is 3.12. The van der Waals surface area contributed by atoms with Gasteiger partial charge in [-0.2, -0.15) is 0 Å². The van der Waals surface area contributed by atoms with E-state index in [0.29, 0.717) is 5.02 Å². The van der Waals surface area contributed by atoms with Crippen LogP contribution in [0.15, 0.2) is 47.1 Å². The fraction of sp³-hybridized carbons (Fsp3) is 0.235. The summed E-state index contributed by atoms with van der Waals surface area (Å²) >= 11 is 5.91. The fourth-order valence-electron chi connectivity index (χ4n) is 2.05. The van der Waals surface area contributed by atoms with Gasteiger partial charge in [0.2, 0.25) is 11.8 Å². The standard InChI is InChI=1S/C17H18ClN3O4/c1-11(12-4-2-5-13(18)8-12)21-16(23)10-19-15(22)9-20-17(24)14-6-3-7-25-14/h2-8,11H,9-10H2,1H3,(H,19,22)(H,20,24)(H,21,23). The predicted molar refractivity (Wildman–Crippen MR) is 92.1 cm³/mol. The lowest BCUT2D eigenvalue weighted by Gasteiger charge is -2.15. The second kappa shape index (κ2) is 8.89. The molecule has 1 unspecified atom stereocenters. The molecule has 7 nitrogen and oxygen atoms in total. The van der Waals surface area contributed by atoms with Crippen LogP contribution in [0.2, 0.25) is 5.02 Å². The number of carbonyl (C=O) groups is 3. The van der Waals surface area contributed by atoms with Crippen LogP contribution in [0.1, 0.15) is 29.1 Å². The van der Waals surface area contributed by atoms with Crippen LogP contribution in [0, 0.1) is 0 Å². The van der Waals surface area contributed by atoms with Crippen LogP contribution in [0.5, 0.6) is 0 Å². The summed E-state index contributed by atoms with van der Waals surface area (Å²) < 4.78 is 4.90. The molecular formula is C17H18ClN3O4. The molecule has 1 aromatic heterocycles. The van der Waals surface area contributed by atoms with Crippen molar-refractivity contribution in [1.29, 1.82) is 0 Å². The van der Waals surface area contributed by atoms with E-state index in [0.717, 1.165) is 5.56 Å². The molecule has 0 saturated heterocycles. The van der Waals surface area contributed by atoms with E-state index in [1.807, 2.05) is 13.0 Å². The SMILES string of the molecule is CC(NC(=O)CNC(=O)CNC(=O)c1ccco1)c1cccc(Cl)c1. The van der Waals surface area contributed by atoms with Gasteiger partial charge in [-0.15, -0.1) is 0 Å². The van der Waals surface area contributed by atoms with Crippen molar-refractivity contribution in [1.82, 2.24) is 16.0 Å². The van der Waals surface area contributed by atoms with E-state index in [4.69, 9.17) is 16.0 Å². The summed E-state index contributed by atoms with van der Waals surface area (Å²) in [6.45, 7) is 1.37. The maximum Gasteiger partial charge on any atom is 0.287 e. The number of nitrogens with one attached hydrogen (secondary N) is 3. The highest BCUT2D eigenvalue weighted by atomic mass is 35.5. The summed E-state index contributed by atoms with van der Waals surface area (Å²) in [4.78, 5) is 35.2. The van der Waals surface area contributed by atoms with Gasteiger partial charge in [0.15, 0.2) is 5.76 Å². The summed E-state index contributed by atoms with van der Waals surface area (Å²) in [6, 6.07) is 9.95. The Labute approximate surface area is 149 Å². The maximum absolute atomic E-state index is 11.9. The minimum atomic E-state index is -0.501. The minimum Gasteiger partial charge on any atom is -0.459 e. The smallest absolute Gasteiger partial charge is 0.287 e. The molecule has 3 amide bonds. The first-order valence-electron chi connectivity index (χ1n) is 7.59. The van der Waals surface area contributed by atoms with Gasteiger partial charge in [-0.05, 0) is 36.8 Å². The van der Waals surface area contributed by atoms with Crippen LogP contribution in [-0.2, 0) is 9.59 Å². The first-order chi connectivity index (χ1) is 12.0. The van der Waals surface area contributed by atoms with Crippen molar-refractivity contribution in [3.63, 3.8) is 0 Å². The van der Waals surface area contributed by atoms with Crippen LogP contribution in [0.25, 0.3) is 0 Å². The van der Waals surface area contributed by atoms with E-state index in [2.05, 4.69) is 16.0 Å². The molecule has 3 N–H and O–H groups in total. The molecule has 0 fully saturated rings. The molecule has 2 rings (SSSR count). The number of hydrogen-bond acceptors (Lipinski definition) is 4. The molecule has 8 heteroatoms. The third-order valence-corrected chi connectivity index (χ3v) is 3.56. The first-order valence-corrected chi connectivity index (χ1v) is 7.96. The van der Waals surface area contributed by atoms with Gasteiger partial charge in [0.05, 0.1) is 25.4 Å². The van der Waals surface area contributed by atoms with Crippen LogP contribution >= 0.6 is 11.6 Å². The summed E-state index contributed by atoms with van der Waals surface area (Å²) in [7, 11) is 0. The number of benzene rings is 1. The van der Waals surface area contributed by atoms with Crippen molar-refractivity contribution in [2.24, 2.45) is 0 Å². The van der Waals surface area contributed by atoms with Gasteiger partial charge in [-0.3, -0.25) is 14.4 Å². The lowest BCUT2D eigenvalue weighted by molar-refractivity contribution is -0.125. The third-order valence-electron chi connectivity index (χ3n) is 3.33. The van der Waals surface area contributed by atoms with Crippen LogP contribution in [0.4, 0.5) is 0 Å². The van der Waals surface area contributed by atoms with Crippen molar-refractivity contribution in [3.05, 3.63) is 59.0 Å². The van der Waals surface area contributed by atoms with Crippen molar-refractivity contribution in [3.8, 4) is 0 Å². The van der Waals surface area contributed by atoms with Crippen molar-refractivity contribution in [2.75, 3.05) is 13.1 Å². The van der Waals surface area contributed by atoms with Crippen molar-refractivity contribution >= 4 is 29.3 Å². The summed E-state index contributed by atoms with van der Waals surface area (Å²) in [5.41, 5.74) is 0.859. The number of halogens is 1. The summed E-state index contributed by atoms with van der Waals surface area (Å²) in [6.07, 6.45) is 1.36. The summed E-state index contributed by atoms with van der Waals surface area (Å²) in [5, 5.41) is 8.15. The zero-order chi connectivity index (χ0) is 18.2. The number of furan rings is 1. The Kier molecular flexibility index (Phi) is 6.59. The highest BCUT2D eigenvalue weighted by molar-refractivity contribution is 6.30. The molecule has 0 aliphatic rings. The van der Waals surface area contributed by atoms with E-state index >= 15 is 0 Å². The second-order valence-corrected chi connectivity index (χ2v) is 5.72. The van der Waals surface area contributed by atoms with E-state index in [9.17, 15) is 14.4 Å². The van der Waals surface area contributed by atoms with E-state index in [1.165, 1.54) is 12.3 Å². The minimum absolute atomic E-state index is 0.112. The van der Waals surface area contributed by atoms with E-state index in [1.54, 1.807) is 24.3 Å². The molecule has 0 bridgehead atoms. The van der Waals surface area contributed by atoms with Gasteiger partial charge in [-0.25, -0.2) is 0 Å². The molecule has 132 valence electrons. The van der Waals surface area contributed by atoms with Gasteiger partial charge < -0.3 is 20.4 Å². The molecule has 0 spiro atoms. The van der Waals surface area contributed by atoms with Gasteiger partial charge in [0, 0.05) is 5.02 Å². The first kappa shape index (κ1) is 18.5. The van der Waals surface area contributed by atoms with Crippen molar-refractivity contribution in [2.45, 2.75) is 13.0 Å². The van der Waals surface area contributed by atoms with Gasteiger partial charge >= 0.3 is 0 Å². The van der Waals surface area contributed by atoms with Crippen LogP contribution < -0.4 is 16.0 Å². The summed E-state index contributed by atoms with van der Waals surface area (Å²) in [5.74, 6) is -1.22. The molecule has 0 aliphatic heterocycles. The quantitative estimate of drug-likeness (QED) is 0.696. The second-order valence-electron chi connectivity index (χ2n) is 5.28. The Bertz CT molecular complexity index is 746. The number of rotatable bonds is 7. The lowest BCUT2D eigenvalue weighted by Crippen LogP contribution is -2.42. The third kappa shape index (κ3) is 5.96. The van der Waals surface area contributed by atoms with Crippen LogP contribution in [-0.4, -0.2) is 30.8 Å². The van der Waals surface area contributed by atoms with Gasteiger partial charge in [0.1, 0.15) is 0 Å². The molecule has 1 atom stereocenters. The Morgan fingerprint density at radius 2 is 1.84 bits per heavy atom. The molecule has 0 aliphatic carbocycles. The molecule has 0 radical (unpaired) electrons. The number of hydrogen-bond donors (Lipinski definition) is 3. The van der Waals surface area contributed by atoms with Gasteiger partial charge in [-0.1, -0.05) is 23.7 Å². The normalized spacial score (nSPS) is 11.4. The molecular weight excluding hydrogens is 346 g/mol. The van der Waals surface area contributed by atoms with Crippen molar-refractivity contribution < 1.29 is 18.8 Å². The Hall–Kier alpha value is -2.80. The largest absolute Gasteiger partial charge is 0.459 e. The highest BCUT2D eigenvalue weighted by Gasteiger charge is 2.13. The molecule has 2 aromatic rings. The van der Waals surface area contributed by atoms with Gasteiger partial charge in [0.25, 0.3) is 5.91 Å². The topological polar surface area (TPSA) is 100 Å².